The number of aliphatic hydroxyl groups is 1. The van der Waals surface area contributed by atoms with Crippen LogP contribution in [0.1, 0.15) is 11.3 Å². The topological polar surface area (TPSA) is 60.7 Å². The first-order valence-electron chi connectivity index (χ1n) is 5.83. The fourth-order valence-corrected chi connectivity index (χ4v) is 1.74. The largest absolute Gasteiger partial charge is 0.491 e. The van der Waals surface area contributed by atoms with Crippen LogP contribution in [-0.2, 0) is 13.2 Å². The molecule has 0 saturated carbocycles. The quantitative estimate of drug-likeness (QED) is 0.871. The van der Waals surface area contributed by atoms with Crippen molar-refractivity contribution in [1.82, 2.24) is 4.73 Å². The Morgan fingerprint density at radius 3 is 2.58 bits per heavy atom. The lowest BCUT2D eigenvalue weighted by Crippen LogP contribution is -2.21. The van der Waals surface area contributed by atoms with Crippen LogP contribution in [0.5, 0.6) is 5.75 Å². The highest BCUT2D eigenvalue weighted by Crippen LogP contribution is 2.12. The van der Waals surface area contributed by atoms with Crippen LogP contribution < -0.4 is 15.0 Å². The van der Waals surface area contributed by atoms with Crippen molar-refractivity contribution >= 4 is 0 Å². The van der Waals surface area contributed by atoms with E-state index in [4.69, 9.17) is 9.57 Å². The van der Waals surface area contributed by atoms with E-state index in [-0.39, 0.29) is 17.8 Å². The third-order valence-corrected chi connectivity index (χ3v) is 2.68. The van der Waals surface area contributed by atoms with Gasteiger partial charge in [-0.2, -0.15) is 4.73 Å². The van der Waals surface area contributed by atoms with E-state index in [1.54, 1.807) is 0 Å². The van der Waals surface area contributed by atoms with Gasteiger partial charge < -0.3 is 14.7 Å². The second-order valence-electron chi connectivity index (χ2n) is 3.90. The number of aliphatic hydroxyl groups excluding tert-OH is 1. The summed E-state index contributed by atoms with van der Waals surface area (Å²) in [6.45, 7) is -0.00604. The van der Waals surface area contributed by atoms with Crippen LogP contribution >= 0.6 is 0 Å². The molecule has 1 aromatic heterocycles. The summed E-state index contributed by atoms with van der Waals surface area (Å²) in [4.78, 5) is 17.1. The van der Waals surface area contributed by atoms with Crippen LogP contribution in [0.15, 0.2) is 47.4 Å². The van der Waals surface area contributed by atoms with E-state index in [0.29, 0.717) is 12.3 Å². The van der Waals surface area contributed by atoms with Gasteiger partial charge in [0.1, 0.15) is 12.3 Å². The van der Waals surface area contributed by atoms with Crippen LogP contribution in [0.25, 0.3) is 0 Å². The fraction of sp³-hybridized carbons (Fsp3) is 0.214. The SMILES string of the molecule is COc1c(CO)n(OCc2ccccc2)ccc1=O. The van der Waals surface area contributed by atoms with Gasteiger partial charge in [-0.25, -0.2) is 0 Å². The summed E-state index contributed by atoms with van der Waals surface area (Å²) in [6.07, 6.45) is 1.47. The molecule has 1 aromatic carbocycles. The van der Waals surface area contributed by atoms with Gasteiger partial charge in [-0.05, 0) is 5.56 Å². The average Bonchev–Trinajstić information content (AvgIpc) is 2.46. The molecule has 0 amide bonds. The molecule has 0 unspecified atom stereocenters. The van der Waals surface area contributed by atoms with Crippen molar-refractivity contribution in [2.24, 2.45) is 0 Å². The number of ether oxygens (including phenoxy) is 1. The smallest absolute Gasteiger partial charge is 0.224 e. The zero-order valence-corrected chi connectivity index (χ0v) is 10.6. The fourth-order valence-electron chi connectivity index (χ4n) is 1.74. The summed E-state index contributed by atoms with van der Waals surface area (Å²) >= 11 is 0. The van der Waals surface area contributed by atoms with Gasteiger partial charge in [0.15, 0.2) is 5.75 Å². The van der Waals surface area contributed by atoms with Crippen LogP contribution in [0.2, 0.25) is 0 Å². The molecule has 0 saturated heterocycles. The second kappa shape index (κ2) is 6.06. The number of benzene rings is 1. The molecule has 1 N–H and O–H groups in total. The maximum Gasteiger partial charge on any atom is 0.224 e. The van der Waals surface area contributed by atoms with Gasteiger partial charge in [-0.3, -0.25) is 4.79 Å². The van der Waals surface area contributed by atoms with Crippen molar-refractivity contribution < 1.29 is 14.7 Å². The third kappa shape index (κ3) is 2.95. The molecule has 0 aliphatic carbocycles. The molecule has 0 fully saturated rings. The van der Waals surface area contributed by atoms with Gasteiger partial charge in [0.2, 0.25) is 5.43 Å². The Labute approximate surface area is 110 Å². The van der Waals surface area contributed by atoms with Crippen LogP contribution in [-0.4, -0.2) is 16.9 Å². The van der Waals surface area contributed by atoms with Gasteiger partial charge in [-0.15, -0.1) is 0 Å². The van der Waals surface area contributed by atoms with E-state index >= 15 is 0 Å². The number of methoxy groups -OCH3 is 1. The highest BCUT2D eigenvalue weighted by molar-refractivity contribution is 5.27. The highest BCUT2D eigenvalue weighted by atomic mass is 16.7. The number of pyridine rings is 1. The average molecular weight is 261 g/mol. The number of nitrogens with zero attached hydrogens (tertiary/aromatic N) is 1. The third-order valence-electron chi connectivity index (χ3n) is 2.68. The standard InChI is InChI=1S/C14H15NO4/c1-18-14-12(9-16)15(8-7-13(14)17)19-10-11-5-3-2-4-6-11/h2-8,16H,9-10H2,1H3. The molecule has 0 bridgehead atoms. The zero-order valence-electron chi connectivity index (χ0n) is 10.6. The maximum absolute atomic E-state index is 11.6. The van der Waals surface area contributed by atoms with E-state index in [2.05, 4.69) is 0 Å². The first-order chi connectivity index (χ1) is 9.26. The van der Waals surface area contributed by atoms with Crippen molar-refractivity contribution in [3.05, 3.63) is 64.1 Å². The zero-order chi connectivity index (χ0) is 13.7. The summed E-state index contributed by atoms with van der Waals surface area (Å²) < 4.78 is 6.34. The summed E-state index contributed by atoms with van der Waals surface area (Å²) in [7, 11) is 1.39. The van der Waals surface area contributed by atoms with E-state index in [0.717, 1.165) is 5.56 Å². The van der Waals surface area contributed by atoms with Crippen LogP contribution in [0.3, 0.4) is 0 Å². The highest BCUT2D eigenvalue weighted by Gasteiger charge is 2.11. The van der Waals surface area contributed by atoms with Crippen molar-refractivity contribution in [2.45, 2.75) is 13.2 Å². The first kappa shape index (κ1) is 13.2. The lowest BCUT2D eigenvalue weighted by molar-refractivity contribution is 0.0765. The van der Waals surface area contributed by atoms with Gasteiger partial charge in [0.25, 0.3) is 0 Å². The maximum atomic E-state index is 11.6. The molecule has 0 spiro atoms. The lowest BCUT2D eigenvalue weighted by atomic mass is 10.2. The molecular formula is C14H15NO4. The molecule has 2 rings (SSSR count). The Kier molecular flexibility index (Phi) is 4.20. The Balaban J connectivity index is 2.23. The van der Waals surface area contributed by atoms with Crippen LogP contribution in [0, 0.1) is 0 Å². The molecule has 100 valence electrons. The molecule has 0 radical (unpaired) electrons. The Morgan fingerprint density at radius 1 is 1.21 bits per heavy atom. The van der Waals surface area contributed by atoms with E-state index in [9.17, 15) is 9.90 Å². The number of rotatable bonds is 5. The van der Waals surface area contributed by atoms with Crippen LogP contribution in [0.4, 0.5) is 0 Å². The van der Waals surface area contributed by atoms with Crippen molar-refractivity contribution in [1.29, 1.82) is 0 Å². The summed E-state index contributed by atoms with van der Waals surface area (Å²) in [5.74, 6) is 0.0954. The van der Waals surface area contributed by atoms with Crippen molar-refractivity contribution in [3.63, 3.8) is 0 Å². The normalized spacial score (nSPS) is 10.2. The number of hydrogen-bond donors (Lipinski definition) is 1. The van der Waals surface area contributed by atoms with Crippen molar-refractivity contribution in [3.8, 4) is 5.75 Å². The summed E-state index contributed by atoms with van der Waals surface area (Å²) in [6, 6.07) is 10.9. The molecule has 5 nitrogen and oxygen atoms in total. The van der Waals surface area contributed by atoms with E-state index < -0.39 is 0 Å². The van der Waals surface area contributed by atoms with Gasteiger partial charge in [0.05, 0.1) is 13.7 Å². The summed E-state index contributed by atoms with van der Waals surface area (Å²) in [5.41, 5.74) is 1.00. The Morgan fingerprint density at radius 2 is 1.95 bits per heavy atom. The molecule has 0 atom stereocenters. The minimum absolute atomic E-state index is 0.0954. The van der Waals surface area contributed by atoms with Crippen molar-refractivity contribution in [2.75, 3.05) is 7.11 Å². The van der Waals surface area contributed by atoms with E-state index in [1.807, 2.05) is 30.3 Å². The number of aromatic nitrogens is 1. The molecule has 5 heteroatoms. The second-order valence-corrected chi connectivity index (χ2v) is 3.90. The van der Waals surface area contributed by atoms with Gasteiger partial charge >= 0.3 is 0 Å². The molecule has 0 aliphatic heterocycles. The Hall–Kier alpha value is -2.27. The molecule has 0 aliphatic rings. The minimum Gasteiger partial charge on any atom is -0.491 e. The monoisotopic (exact) mass is 261 g/mol. The predicted molar refractivity (Wildman–Crippen MR) is 69.9 cm³/mol. The lowest BCUT2D eigenvalue weighted by Gasteiger charge is -2.15. The van der Waals surface area contributed by atoms with Gasteiger partial charge in [-0.1, -0.05) is 30.3 Å². The molecule has 2 aromatic rings. The minimum atomic E-state index is -0.339. The summed E-state index contributed by atoms with van der Waals surface area (Å²) in [5, 5.41) is 9.33. The molecule has 19 heavy (non-hydrogen) atoms. The van der Waals surface area contributed by atoms with E-state index in [1.165, 1.54) is 24.1 Å². The first-order valence-corrected chi connectivity index (χ1v) is 5.83. The predicted octanol–water partition coefficient (Wildman–Crippen LogP) is 0.978. The molecule has 1 heterocycles. The van der Waals surface area contributed by atoms with Gasteiger partial charge in [0, 0.05) is 12.3 Å². The number of hydrogen-bond acceptors (Lipinski definition) is 4. The Bertz CT molecular complexity index is 592. The molecular weight excluding hydrogens is 246 g/mol.